The molecule has 0 saturated heterocycles. The Kier molecular flexibility index (Phi) is 4.98. The summed E-state index contributed by atoms with van der Waals surface area (Å²) in [4.78, 5) is 11.4. The summed E-state index contributed by atoms with van der Waals surface area (Å²) in [5.41, 5.74) is 6.59. The normalized spacial score (nSPS) is 12.4. The highest BCUT2D eigenvalue weighted by atomic mass is 16.5. The monoisotopic (exact) mass is 225 g/mol. The Bertz CT molecular complexity index is 336. The molecule has 0 amide bonds. The number of nitrogens with zero attached hydrogens (tertiary/aromatic N) is 2. The number of aryl methyl sites for hydroxylation is 1. The van der Waals surface area contributed by atoms with E-state index in [2.05, 4.69) is 12.0 Å². The molecule has 5 heteroatoms. The molecular weight excluding hydrogens is 206 g/mol. The third-order valence-corrected chi connectivity index (χ3v) is 2.51. The van der Waals surface area contributed by atoms with E-state index in [4.69, 9.17) is 10.5 Å². The van der Waals surface area contributed by atoms with Crippen LogP contribution in [-0.2, 0) is 22.5 Å². The molecule has 0 spiro atoms. The van der Waals surface area contributed by atoms with Gasteiger partial charge in [-0.3, -0.25) is 9.48 Å². The van der Waals surface area contributed by atoms with Crippen LogP contribution in [0.5, 0.6) is 0 Å². The molecule has 90 valence electrons. The van der Waals surface area contributed by atoms with Gasteiger partial charge in [-0.2, -0.15) is 5.10 Å². The maximum absolute atomic E-state index is 11.4. The van der Waals surface area contributed by atoms with Gasteiger partial charge in [-0.05, 0) is 12.5 Å². The zero-order valence-electron chi connectivity index (χ0n) is 9.85. The lowest BCUT2D eigenvalue weighted by Crippen LogP contribution is -2.27. The van der Waals surface area contributed by atoms with Crippen LogP contribution in [0.15, 0.2) is 12.3 Å². The Morgan fingerprint density at radius 3 is 3.00 bits per heavy atom. The van der Waals surface area contributed by atoms with Gasteiger partial charge in [0.15, 0.2) is 0 Å². The molecule has 0 aromatic carbocycles. The molecular formula is C11H19N3O2. The van der Waals surface area contributed by atoms with Crippen LogP contribution >= 0.6 is 0 Å². The zero-order chi connectivity index (χ0) is 12.0. The second-order valence-electron chi connectivity index (χ2n) is 3.71. The van der Waals surface area contributed by atoms with Crippen LogP contribution in [0.4, 0.5) is 0 Å². The third-order valence-electron chi connectivity index (χ3n) is 2.51. The Morgan fingerprint density at radius 1 is 1.69 bits per heavy atom. The molecule has 0 saturated carbocycles. The van der Waals surface area contributed by atoms with Crippen molar-refractivity contribution >= 4 is 5.97 Å². The molecule has 0 aliphatic rings. The Morgan fingerprint density at radius 2 is 2.44 bits per heavy atom. The summed E-state index contributed by atoms with van der Waals surface area (Å²) >= 11 is 0. The molecule has 1 unspecified atom stereocenters. The van der Waals surface area contributed by atoms with Gasteiger partial charge < -0.3 is 10.5 Å². The number of methoxy groups -OCH3 is 1. The Hall–Kier alpha value is -1.36. The molecule has 1 rings (SSSR count). The molecule has 1 aromatic heterocycles. The fourth-order valence-electron chi connectivity index (χ4n) is 1.63. The van der Waals surface area contributed by atoms with Crippen molar-refractivity contribution in [1.29, 1.82) is 0 Å². The van der Waals surface area contributed by atoms with Gasteiger partial charge in [0.2, 0.25) is 0 Å². The van der Waals surface area contributed by atoms with Crippen molar-refractivity contribution < 1.29 is 9.53 Å². The van der Waals surface area contributed by atoms with Crippen molar-refractivity contribution in [3.8, 4) is 0 Å². The van der Waals surface area contributed by atoms with Crippen molar-refractivity contribution in [2.24, 2.45) is 11.7 Å². The van der Waals surface area contributed by atoms with Crippen molar-refractivity contribution in [1.82, 2.24) is 9.78 Å². The maximum Gasteiger partial charge on any atom is 0.310 e. The van der Waals surface area contributed by atoms with Crippen molar-refractivity contribution in [2.75, 3.05) is 13.7 Å². The summed E-state index contributed by atoms with van der Waals surface area (Å²) in [5, 5.41) is 4.20. The smallest absolute Gasteiger partial charge is 0.310 e. The van der Waals surface area contributed by atoms with Crippen LogP contribution in [0, 0.1) is 5.92 Å². The topological polar surface area (TPSA) is 70.1 Å². The minimum Gasteiger partial charge on any atom is -0.469 e. The van der Waals surface area contributed by atoms with Crippen LogP contribution in [0.1, 0.15) is 19.0 Å². The summed E-state index contributed by atoms with van der Waals surface area (Å²) in [6.07, 6.45) is 3.35. The van der Waals surface area contributed by atoms with Gasteiger partial charge in [-0.1, -0.05) is 6.92 Å². The SMILES string of the molecule is CCCn1nccc1CC(CN)C(=O)OC. The molecule has 0 bridgehead atoms. The first kappa shape index (κ1) is 12.7. The standard InChI is InChI=1S/C11H19N3O2/c1-3-6-14-10(4-5-13-14)7-9(8-12)11(15)16-2/h4-5,9H,3,6-8,12H2,1-2H3. The zero-order valence-corrected chi connectivity index (χ0v) is 9.85. The minimum absolute atomic E-state index is 0.258. The van der Waals surface area contributed by atoms with E-state index >= 15 is 0 Å². The van der Waals surface area contributed by atoms with Gasteiger partial charge >= 0.3 is 5.97 Å². The van der Waals surface area contributed by atoms with Crippen LogP contribution in [0.3, 0.4) is 0 Å². The number of carbonyl (C=O) groups is 1. The quantitative estimate of drug-likeness (QED) is 0.719. The molecule has 16 heavy (non-hydrogen) atoms. The van der Waals surface area contributed by atoms with E-state index in [-0.39, 0.29) is 11.9 Å². The Labute approximate surface area is 95.6 Å². The maximum atomic E-state index is 11.4. The average Bonchev–Trinajstić information content (AvgIpc) is 2.73. The first-order valence-electron chi connectivity index (χ1n) is 5.51. The minimum atomic E-state index is -0.280. The summed E-state index contributed by atoms with van der Waals surface area (Å²) in [6.45, 7) is 3.25. The molecule has 1 heterocycles. The lowest BCUT2D eigenvalue weighted by atomic mass is 10.0. The van der Waals surface area contributed by atoms with E-state index in [1.54, 1.807) is 6.20 Å². The molecule has 1 atom stereocenters. The van der Waals surface area contributed by atoms with Crippen molar-refractivity contribution in [2.45, 2.75) is 26.3 Å². The predicted octanol–water partition coefficient (Wildman–Crippen LogP) is 0.584. The highest BCUT2D eigenvalue weighted by Crippen LogP contribution is 2.09. The average molecular weight is 225 g/mol. The number of carbonyl (C=O) groups excluding carboxylic acids is 1. The van der Waals surface area contributed by atoms with Crippen molar-refractivity contribution in [3.05, 3.63) is 18.0 Å². The van der Waals surface area contributed by atoms with E-state index in [1.807, 2.05) is 10.7 Å². The fraction of sp³-hybridized carbons (Fsp3) is 0.636. The van der Waals surface area contributed by atoms with Gasteiger partial charge in [-0.25, -0.2) is 0 Å². The largest absolute Gasteiger partial charge is 0.469 e. The van der Waals surface area contributed by atoms with Gasteiger partial charge in [-0.15, -0.1) is 0 Å². The molecule has 0 aliphatic carbocycles. The molecule has 1 aromatic rings. The third kappa shape index (κ3) is 3.06. The van der Waals surface area contributed by atoms with Crippen LogP contribution in [0.2, 0.25) is 0 Å². The van der Waals surface area contributed by atoms with Crippen LogP contribution in [-0.4, -0.2) is 29.4 Å². The van der Waals surface area contributed by atoms with E-state index in [0.29, 0.717) is 13.0 Å². The highest BCUT2D eigenvalue weighted by Gasteiger charge is 2.19. The Balaban J connectivity index is 2.69. The number of hydrogen-bond donors (Lipinski definition) is 1. The molecule has 0 fully saturated rings. The highest BCUT2D eigenvalue weighted by molar-refractivity contribution is 5.72. The first-order valence-corrected chi connectivity index (χ1v) is 5.51. The lowest BCUT2D eigenvalue weighted by molar-refractivity contribution is -0.145. The van der Waals surface area contributed by atoms with Gasteiger partial charge in [0.05, 0.1) is 13.0 Å². The molecule has 0 radical (unpaired) electrons. The number of aromatic nitrogens is 2. The van der Waals surface area contributed by atoms with E-state index < -0.39 is 0 Å². The molecule has 2 N–H and O–H groups in total. The number of ether oxygens (including phenoxy) is 1. The first-order chi connectivity index (χ1) is 7.72. The lowest BCUT2D eigenvalue weighted by Gasteiger charge is -2.13. The summed E-state index contributed by atoms with van der Waals surface area (Å²) in [6, 6.07) is 1.92. The van der Waals surface area contributed by atoms with E-state index in [9.17, 15) is 4.79 Å². The van der Waals surface area contributed by atoms with Gasteiger partial charge in [0.1, 0.15) is 0 Å². The van der Waals surface area contributed by atoms with Crippen LogP contribution < -0.4 is 5.73 Å². The number of rotatable bonds is 6. The summed E-state index contributed by atoms with van der Waals surface area (Å²) in [7, 11) is 1.38. The fourth-order valence-corrected chi connectivity index (χ4v) is 1.63. The number of nitrogens with two attached hydrogens (primary N) is 1. The predicted molar refractivity (Wildman–Crippen MR) is 60.8 cm³/mol. The second kappa shape index (κ2) is 6.27. The van der Waals surface area contributed by atoms with E-state index in [0.717, 1.165) is 18.7 Å². The molecule has 5 nitrogen and oxygen atoms in total. The second-order valence-corrected chi connectivity index (χ2v) is 3.71. The molecule has 0 aliphatic heterocycles. The number of hydrogen-bond acceptors (Lipinski definition) is 4. The summed E-state index contributed by atoms with van der Waals surface area (Å²) < 4.78 is 6.61. The van der Waals surface area contributed by atoms with Gasteiger partial charge in [0.25, 0.3) is 0 Å². The van der Waals surface area contributed by atoms with E-state index in [1.165, 1.54) is 7.11 Å². The van der Waals surface area contributed by atoms with Gasteiger partial charge in [0, 0.05) is 31.4 Å². The van der Waals surface area contributed by atoms with Crippen LogP contribution in [0.25, 0.3) is 0 Å². The van der Waals surface area contributed by atoms with Crippen molar-refractivity contribution in [3.63, 3.8) is 0 Å². The summed E-state index contributed by atoms with van der Waals surface area (Å²) in [5.74, 6) is -0.538. The number of esters is 1.